The van der Waals surface area contributed by atoms with Crippen molar-refractivity contribution in [1.82, 2.24) is 14.5 Å². The van der Waals surface area contributed by atoms with Gasteiger partial charge >= 0.3 is 0 Å². The molecular formula is C29H24N4O2. The maximum absolute atomic E-state index is 13.9. The smallest absolute Gasteiger partial charge is 0.209 e. The van der Waals surface area contributed by atoms with Gasteiger partial charge in [-0.15, -0.1) is 0 Å². The van der Waals surface area contributed by atoms with E-state index < -0.39 is 0 Å². The fraction of sp³-hybridized carbons (Fsp3) is 0.172. The lowest BCUT2D eigenvalue weighted by molar-refractivity contribution is -0.116. The van der Waals surface area contributed by atoms with Gasteiger partial charge in [0.1, 0.15) is 5.75 Å². The Kier molecular flexibility index (Phi) is 4.36. The molecule has 0 radical (unpaired) electrons. The van der Waals surface area contributed by atoms with Crippen LogP contribution in [0.1, 0.15) is 35.9 Å². The number of imidazole rings is 1. The Morgan fingerprint density at radius 2 is 1.77 bits per heavy atom. The van der Waals surface area contributed by atoms with Gasteiger partial charge in [-0.25, -0.2) is 4.98 Å². The van der Waals surface area contributed by atoms with Crippen molar-refractivity contribution in [3.63, 3.8) is 0 Å². The van der Waals surface area contributed by atoms with Crippen LogP contribution in [-0.2, 0) is 4.79 Å². The number of benzene rings is 3. The van der Waals surface area contributed by atoms with Crippen LogP contribution < -0.4 is 10.1 Å². The fourth-order valence-electron chi connectivity index (χ4n) is 5.75. The van der Waals surface area contributed by atoms with Crippen molar-refractivity contribution < 1.29 is 9.53 Å². The number of allylic oxidation sites excluding steroid dienone is 2. The highest BCUT2D eigenvalue weighted by molar-refractivity contribution is 6.02. The van der Waals surface area contributed by atoms with E-state index >= 15 is 0 Å². The molecule has 2 aromatic heterocycles. The Balaban J connectivity index is 1.41. The Morgan fingerprint density at radius 3 is 2.63 bits per heavy atom. The van der Waals surface area contributed by atoms with Gasteiger partial charge in [-0.05, 0) is 48.2 Å². The first kappa shape index (κ1) is 20.1. The molecule has 7 rings (SSSR count). The Labute approximate surface area is 202 Å². The molecule has 0 saturated heterocycles. The topological polar surface area (TPSA) is 71.9 Å². The monoisotopic (exact) mass is 460 g/mol. The molecule has 1 aliphatic carbocycles. The molecule has 2 aliphatic rings. The number of Topliss-reactive ketones (excluding diaryl/α,β-unsaturated/α-hetero) is 1. The minimum Gasteiger partial charge on any atom is -0.497 e. The number of aromatic amines is 1. The molecule has 0 unspecified atom stereocenters. The SMILES string of the molecule is COc1ccc([C@H]2CC(=O)C3=C(C2)Nc2nc4ccccc4n2[C@H]3c2c[nH]c3ccccc23)cc1. The van der Waals surface area contributed by atoms with E-state index in [1.165, 1.54) is 0 Å². The molecule has 2 atom stereocenters. The molecule has 6 heteroatoms. The van der Waals surface area contributed by atoms with Gasteiger partial charge in [-0.1, -0.05) is 42.5 Å². The van der Waals surface area contributed by atoms with Crippen LogP contribution in [0.25, 0.3) is 21.9 Å². The number of aromatic nitrogens is 3. The number of hydrogen-bond donors (Lipinski definition) is 2. The minimum absolute atomic E-state index is 0.110. The van der Waals surface area contributed by atoms with Crippen molar-refractivity contribution >= 4 is 33.7 Å². The highest BCUT2D eigenvalue weighted by Crippen LogP contribution is 2.47. The van der Waals surface area contributed by atoms with Gasteiger partial charge in [0.2, 0.25) is 5.95 Å². The highest BCUT2D eigenvalue weighted by atomic mass is 16.5. The summed E-state index contributed by atoms with van der Waals surface area (Å²) < 4.78 is 7.51. The van der Waals surface area contributed by atoms with E-state index in [2.05, 4.69) is 45.2 Å². The third kappa shape index (κ3) is 3.03. The van der Waals surface area contributed by atoms with Gasteiger partial charge in [-0.3, -0.25) is 9.36 Å². The van der Waals surface area contributed by atoms with Crippen LogP contribution in [0.3, 0.4) is 0 Å². The van der Waals surface area contributed by atoms with Crippen LogP contribution >= 0.6 is 0 Å². The average Bonchev–Trinajstić information content (AvgIpc) is 3.49. The minimum atomic E-state index is -0.242. The van der Waals surface area contributed by atoms with Crippen LogP contribution in [0.4, 0.5) is 5.95 Å². The van der Waals surface area contributed by atoms with E-state index in [0.717, 1.165) is 62.5 Å². The first-order valence-corrected chi connectivity index (χ1v) is 11.9. The predicted octanol–water partition coefficient (Wildman–Crippen LogP) is 5.94. The zero-order chi connectivity index (χ0) is 23.5. The summed E-state index contributed by atoms with van der Waals surface area (Å²) in [6, 6.07) is 24.2. The third-order valence-electron chi connectivity index (χ3n) is 7.40. The lowest BCUT2D eigenvalue weighted by Gasteiger charge is -2.36. The van der Waals surface area contributed by atoms with Crippen molar-refractivity contribution in [3.05, 3.63) is 101 Å². The van der Waals surface area contributed by atoms with Gasteiger partial charge in [-0.2, -0.15) is 0 Å². The molecule has 0 spiro atoms. The maximum Gasteiger partial charge on any atom is 0.209 e. The summed E-state index contributed by atoms with van der Waals surface area (Å²) in [4.78, 5) is 22.2. The lowest BCUT2D eigenvalue weighted by Crippen LogP contribution is -2.33. The standard InChI is InChI=1S/C29H24N4O2/c1-35-19-12-10-17(11-13-19)18-14-24-27(26(34)15-18)28(21-16-30-22-7-3-2-6-20(21)22)33-25-9-5-4-8-23(25)31-29(33)32-24/h2-13,16,18,28,30H,14-15H2,1H3,(H,31,32)/t18-,28+/m1/s1. The number of nitrogens with one attached hydrogen (secondary N) is 2. The first-order chi connectivity index (χ1) is 17.2. The number of hydrogen-bond acceptors (Lipinski definition) is 4. The summed E-state index contributed by atoms with van der Waals surface area (Å²) in [7, 11) is 1.67. The molecule has 0 bridgehead atoms. The number of anilines is 1. The number of nitrogens with zero attached hydrogens (tertiary/aromatic N) is 2. The number of rotatable bonds is 3. The summed E-state index contributed by atoms with van der Waals surface area (Å²) in [6.07, 6.45) is 3.29. The second-order valence-corrected chi connectivity index (χ2v) is 9.31. The summed E-state index contributed by atoms with van der Waals surface area (Å²) in [6.45, 7) is 0. The second kappa shape index (κ2) is 7.60. The number of ketones is 1. The molecule has 6 nitrogen and oxygen atoms in total. The first-order valence-electron chi connectivity index (χ1n) is 11.9. The Hall–Kier alpha value is -4.32. The molecule has 35 heavy (non-hydrogen) atoms. The molecule has 1 aliphatic heterocycles. The van der Waals surface area contributed by atoms with Crippen molar-refractivity contribution in [3.8, 4) is 5.75 Å². The average molecular weight is 461 g/mol. The number of methoxy groups -OCH3 is 1. The van der Waals surface area contributed by atoms with E-state index in [0.29, 0.717) is 6.42 Å². The molecule has 0 amide bonds. The van der Waals surface area contributed by atoms with Gasteiger partial charge in [0.25, 0.3) is 0 Å². The fourth-order valence-corrected chi connectivity index (χ4v) is 5.75. The molecule has 0 fully saturated rings. The molecule has 5 aromatic rings. The van der Waals surface area contributed by atoms with Crippen LogP contribution in [-0.4, -0.2) is 27.4 Å². The summed E-state index contributed by atoms with van der Waals surface area (Å²) in [5.74, 6) is 1.89. The molecule has 0 saturated carbocycles. The quantitative estimate of drug-likeness (QED) is 0.349. The normalized spacial score (nSPS) is 19.5. The van der Waals surface area contributed by atoms with E-state index in [1.807, 2.05) is 48.7 Å². The van der Waals surface area contributed by atoms with E-state index in [-0.39, 0.29) is 17.7 Å². The van der Waals surface area contributed by atoms with Crippen LogP contribution in [0.2, 0.25) is 0 Å². The van der Waals surface area contributed by atoms with Crippen molar-refractivity contribution in [1.29, 1.82) is 0 Å². The lowest BCUT2D eigenvalue weighted by atomic mass is 9.77. The van der Waals surface area contributed by atoms with Crippen molar-refractivity contribution in [2.45, 2.75) is 24.8 Å². The molecule has 172 valence electrons. The second-order valence-electron chi connectivity index (χ2n) is 9.31. The number of H-pyrrole nitrogens is 1. The van der Waals surface area contributed by atoms with Crippen LogP contribution in [0.15, 0.2) is 90.3 Å². The maximum atomic E-state index is 13.9. The zero-order valence-electron chi connectivity index (χ0n) is 19.3. The highest BCUT2D eigenvalue weighted by Gasteiger charge is 2.40. The van der Waals surface area contributed by atoms with Crippen molar-refractivity contribution in [2.75, 3.05) is 12.4 Å². The molecular weight excluding hydrogens is 436 g/mol. The Bertz CT molecular complexity index is 1640. The van der Waals surface area contributed by atoms with Gasteiger partial charge < -0.3 is 15.0 Å². The van der Waals surface area contributed by atoms with Crippen molar-refractivity contribution in [2.24, 2.45) is 0 Å². The largest absolute Gasteiger partial charge is 0.497 e. The number of carbonyl (C=O) groups is 1. The van der Waals surface area contributed by atoms with Gasteiger partial charge in [0, 0.05) is 40.4 Å². The van der Waals surface area contributed by atoms with Crippen LogP contribution in [0, 0.1) is 0 Å². The number of carbonyl (C=O) groups excluding carboxylic acids is 1. The third-order valence-corrected chi connectivity index (χ3v) is 7.40. The number of fused-ring (bicyclic) bond motifs is 4. The van der Waals surface area contributed by atoms with E-state index in [4.69, 9.17) is 9.72 Å². The summed E-state index contributed by atoms with van der Waals surface area (Å²) >= 11 is 0. The predicted molar refractivity (Wildman–Crippen MR) is 137 cm³/mol. The number of ether oxygens (including phenoxy) is 1. The zero-order valence-corrected chi connectivity index (χ0v) is 19.3. The van der Waals surface area contributed by atoms with Gasteiger partial charge in [0.15, 0.2) is 5.78 Å². The van der Waals surface area contributed by atoms with Crippen LogP contribution in [0.5, 0.6) is 5.75 Å². The molecule has 3 heterocycles. The summed E-state index contributed by atoms with van der Waals surface area (Å²) in [5, 5.41) is 4.68. The molecule has 3 aromatic carbocycles. The number of para-hydroxylation sites is 3. The van der Waals surface area contributed by atoms with Gasteiger partial charge in [0.05, 0.1) is 24.2 Å². The Morgan fingerprint density at radius 1 is 0.971 bits per heavy atom. The van der Waals surface area contributed by atoms with E-state index in [9.17, 15) is 4.79 Å². The van der Waals surface area contributed by atoms with E-state index in [1.54, 1.807) is 7.11 Å². The molecule has 2 N–H and O–H groups in total. The summed E-state index contributed by atoms with van der Waals surface area (Å²) in [5.41, 5.74) is 7.05.